The zero-order valence-electron chi connectivity index (χ0n) is 22.2. The van der Waals surface area contributed by atoms with Crippen LogP contribution in [0.4, 0.5) is 0 Å². The van der Waals surface area contributed by atoms with E-state index >= 15 is 0 Å². The molecule has 0 aliphatic heterocycles. The summed E-state index contributed by atoms with van der Waals surface area (Å²) in [4.78, 5) is 92.9. The van der Waals surface area contributed by atoms with E-state index in [9.17, 15) is 38.4 Å². The minimum atomic E-state index is -1.03. The van der Waals surface area contributed by atoms with Crippen LogP contribution in [-0.2, 0) is 43.1 Å². The van der Waals surface area contributed by atoms with Crippen molar-refractivity contribution >= 4 is 47.6 Å². The summed E-state index contributed by atoms with van der Waals surface area (Å²) in [7, 11) is 0. The summed E-state index contributed by atoms with van der Waals surface area (Å²) in [5.41, 5.74) is 5.00. The van der Waals surface area contributed by atoms with Gasteiger partial charge in [0.25, 0.3) is 0 Å². The summed E-state index contributed by atoms with van der Waals surface area (Å²) in [5.74, 6) is -4.39. The van der Waals surface area contributed by atoms with E-state index < -0.39 is 73.8 Å². The van der Waals surface area contributed by atoms with Gasteiger partial charge in [0.1, 0.15) is 25.2 Å². The Balaban J connectivity index is 4.28. The molecule has 17 heteroatoms. The smallest absolute Gasteiger partial charge is 0.246 e. The summed E-state index contributed by atoms with van der Waals surface area (Å²) < 4.78 is 4.93. The number of nitrogens with two attached hydrogens (primary N) is 1. The van der Waals surface area contributed by atoms with Gasteiger partial charge in [0.05, 0.1) is 32.7 Å². The summed E-state index contributed by atoms with van der Waals surface area (Å²) in [6.07, 6.45) is -0.121. The van der Waals surface area contributed by atoms with E-state index in [1.165, 1.54) is 6.92 Å². The number of primary amides is 1. The van der Waals surface area contributed by atoms with Crippen LogP contribution in [0.25, 0.3) is 0 Å². The van der Waals surface area contributed by atoms with E-state index in [-0.39, 0.29) is 38.1 Å². The Hall–Kier alpha value is -4.12. The van der Waals surface area contributed by atoms with Crippen molar-refractivity contribution in [2.24, 2.45) is 11.7 Å². The van der Waals surface area contributed by atoms with Crippen molar-refractivity contribution in [2.75, 3.05) is 46.0 Å². The summed E-state index contributed by atoms with van der Waals surface area (Å²) in [6.45, 7) is 2.84. The Morgan fingerprint density at radius 1 is 0.744 bits per heavy atom. The standard InChI is InChI=1S/C22H38N8O9/c1-13(2)6-16(32)30-15(7-24-4-5-31)22(38)28-11-19(35)26-9-17(33)25-8-18(34)27-10-20(36)29-12-39-14(3)21(23)37/h5,13-15,24H,4,6-12H2,1-3H3,(H2,23,37)(H,25,33)(H,26,35)(H,27,34)(H,28,38)(H,29,36)(H,30,32). The van der Waals surface area contributed by atoms with Gasteiger partial charge in [0, 0.05) is 13.0 Å². The highest BCUT2D eigenvalue weighted by Crippen LogP contribution is 1.99. The van der Waals surface area contributed by atoms with E-state index in [0.717, 1.165) is 0 Å². The average Bonchev–Trinajstić information content (AvgIpc) is 2.86. The van der Waals surface area contributed by atoms with Gasteiger partial charge in [-0.05, 0) is 12.8 Å². The Morgan fingerprint density at radius 2 is 1.23 bits per heavy atom. The molecule has 0 bridgehead atoms. The summed E-state index contributed by atoms with van der Waals surface area (Å²) >= 11 is 0. The highest BCUT2D eigenvalue weighted by atomic mass is 16.5. The average molecular weight is 559 g/mol. The zero-order valence-corrected chi connectivity index (χ0v) is 22.2. The Bertz CT molecular complexity index is 882. The molecule has 220 valence electrons. The van der Waals surface area contributed by atoms with Gasteiger partial charge >= 0.3 is 0 Å². The fourth-order valence-electron chi connectivity index (χ4n) is 2.53. The van der Waals surface area contributed by atoms with Crippen LogP contribution >= 0.6 is 0 Å². The van der Waals surface area contributed by atoms with Gasteiger partial charge in [-0.25, -0.2) is 0 Å². The molecule has 0 aromatic rings. The van der Waals surface area contributed by atoms with Crippen molar-refractivity contribution < 1.29 is 43.1 Å². The van der Waals surface area contributed by atoms with Gasteiger partial charge in [-0.15, -0.1) is 0 Å². The highest BCUT2D eigenvalue weighted by Gasteiger charge is 2.21. The second-order valence-corrected chi connectivity index (χ2v) is 8.55. The van der Waals surface area contributed by atoms with E-state index in [1.54, 1.807) is 0 Å². The molecule has 0 aliphatic rings. The SMILES string of the molecule is CC(C)CC(=O)NC(CNCC=O)C(=O)NCC(=O)NCC(=O)NCC(=O)NCC(=O)NCOC(C)C(N)=O. The molecule has 0 fully saturated rings. The Kier molecular flexibility index (Phi) is 17.8. The molecule has 17 nitrogen and oxygen atoms in total. The Morgan fingerprint density at radius 3 is 1.69 bits per heavy atom. The van der Waals surface area contributed by atoms with E-state index in [2.05, 4.69) is 37.2 Å². The van der Waals surface area contributed by atoms with Gasteiger partial charge < -0.3 is 52.5 Å². The maximum absolute atomic E-state index is 12.4. The number of ether oxygens (including phenoxy) is 1. The van der Waals surface area contributed by atoms with Crippen molar-refractivity contribution in [3.05, 3.63) is 0 Å². The van der Waals surface area contributed by atoms with Crippen LogP contribution in [0.3, 0.4) is 0 Å². The molecule has 0 rings (SSSR count). The second kappa shape index (κ2) is 19.9. The van der Waals surface area contributed by atoms with Crippen LogP contribution in [0.15, 0.2) is 0 Å². The zero-order chi connectivity index (χ0) is 29.8. The molecule has 7 amide bonds. The third-order valence-electron chi connectivity index (χ3n) is 4.59. The lowest BCUT2D eigenvalue weighted by atomic mass is 10.1. The minimum Gasteiger partial charge on any atom is -0.367 e. The fraction of sp³-hybridized carbons (Fsp3) is 0.636. The highest BCUT2D eigenvalue weighted by molar-refractivity contribution is 5.92. The number of carbonyl (C=O) groups excluding carboxylic acids is 8. The molecular weight excluding hydrogens is 520 g/mol. The first-order valence-electron chi connectivity index (χ1n) is 12.0. The molecule has 0 radical (unpaired) electrons. The lowest BCUT2D eigenvalue weighted by Crippen LogP contribution is -2.53. The maximum atomic E-state index is 12.4. The number of carbonyl (C=O) groups is 8. The third kappa shape index (κ3) is 18.7. The lowest BCUT2D eigenvalue weighted by Gasteiger charge is -2.19. The predicted octanol–water partition coefficient (Wildman–Crippen LogP) is -5.27. The first kappa shape index (κ1) is 34.9. The number of hydrogen-bond donors (Lipinski definition) is 8. The first-order chi connectivity index (χ1) is 18.3. The normalized spacial score (nSPS) is 11.9. The lowest BCUT2D eigenvalue weighted by molar-refractivity contribution is -0.132. The number of nitrogens with one attached hydrogen (secondary N) is 7. The van der Waals surface area contributed by atoms with Crippen LogP contribution in [0.5, 0.6) is 0 Å². The molecule has 9 N–H and O–H groups in total. The quantitative estimate of drug-likeness (QED) is 0.0400. The van der Waals surface area contributed by atoms with Gasteiger partial charge in [-0.1, -0.05) is 13.8 Å². The van der Waals surface area contributed by atoms with Crippen molar-refractivity contribution in [1.82, 2.24) is 37.2 Å². The molecule has 2 atom stereocenters. The van der Waals surface area contributed by atoms with Crippen LogP contribution in [-0.4, -0.2) is 106 Å². The molecule has 0 spiro atoms. The predicted molar refractivity (Wildman–Crippen MR) is 135 cm³/mol. The first-order valence-corrected chi connectivity index (χ1v) is 12.0. The number of rotatable bonds is 20. The topological polar surface area (TPSA) is 256 Å². The van der Waals surface area contributed by atoms with Crippen LogP contribution in [0, 0.1) is 5.92 Å². The van der Waals surface area contributed by atoms with E-state index in [1.807, 2.05) is 13.8 Å². The molecule has 0 heterocycles. The fourth-order valence-corrected chi connectivity index (χ4v) is 2.53. The van der Waals surface area contributed by atoms with Crippen molar-refractivity contribution in [3.8, 4) is 0 Å². The molecule has 2 unspecified atom stereocenters. The summed E-state index contributed by atoms with van der Waals surface area (Å²) in [5, 5.41) is 16.6. The minimum absolute atomic E-state index is 0.0304. The van der Waals surface area contributed by atoms with Crippen LogP contribution < -0.4 is 43.0 Å². The third-order valence-corrected chi connectivity index (χ3v) is 4.59. The van der Waals surface area contributed by atoms with Gasteiger partial charge in [0.15, 0.2) is 0 Å². The monoisotopic (exact) mass is 558 g/mol. The summed E-state index contributed by atoms with van der Waals surface area (Å²) in [6, 6.07) is -1.03. The molecule has 0 saturated carbocycles. The largest absolute Gasteiger partial charge is 0.367 e. The van der Waals surface area contributed by atoms with Gasteiger partial charge in [0.2, 0.25) is 41.4 Å². The van der Waals surface area contributed by atoms with Crippen LogP contribution in [0.2, 0.25) is 0 Å². The van der Waals surface area contributed by atoms with E-state index in [4.69, 9.17) is 10.5 Å². The van der Waals surface area contributed by atoms with Gasteiger partial charge in [-0.2, -0.15) is 0 Å². The molecule has 0 aromatic heterocycles. The number of amides is 7. The van der Waals surface area contributed by atoms with Crippen molar-refractivity contribution in [1.29, 1.82) is 0 Å². The van der Waals surface area contributed by atoms with E-state index in [0.29, 0.717) is 6.29 Å². The van der Waals surface area contributed by atoms with Crippen molar-refractivity contribution in [3.63, 3.8) is 0 Å². The number of aldehydes is 1. The van der Waals surface area contributed by atoms with Crippen LogP contribution in [0.1, 0.15) is 27.2 Å². The molecule has 0 aliphatic carbocycles. The molecule has 39 heavy (non-hydrogen) atoms. The Labute approximate surface area is 225 Å². The number of hydrogen-bond acceptors (Lipinski definition) is 10. The van der Waals surface area contributed by atoms with Crippen molar-refractivity contribution in [2.45, 2.75) is 39.3 Å². The maximum Gasteiger partial charge on any atom is 0.246 e. The molecule has 0 aromatic carbocycles. The van der Waals surface area contributed by atoms with Gasteiger partial charge in [-0.3, -0.25) is 33.6 Å². The second-order valence-electron chi connectivity index (χ2n) is 8.55. The molecular formula is C22H38N8O9. The molecule has 0 saturated heterocycles.